The van der Waals surface area contributed by atoms with E-state index in [2.05, 4.69) is 20.1 Å². The molecule has 0 radical (unpaired) electrons. The van der Waals surface area contributed by atoms with Gasteiger partial charge in [-0.3, -0.25) is 4.57 Å². The molecule has 3 aliphatic heterocycles. The lowest BCUT2D eigenvalue weighted by molar-refractivity contribution is 0.0219. The molecule has 1 N–H and O–H groups in total. The molecule has 3 fully saturated rings. The molecular weight excluding hydrogens is 492 g/mol. The quantitative estimate of drug-likeness (QED) is 0.496. The maximum absolute atomic E-state index is 14.1. The number of benzene rings is 1. The maximum atomic E-state index is 14.1. The van der Waals surface area contributed by atoms with Gasteiger partial charge in [-0.1, -0.05) is 12.1 Å². The lowest BCUT2D eigenvalue weighted by Crippen LogP contribution is -2.44. The summed E-state index contributed by atoms with van der Waals surface area (Å²) < 4.78 is 40.7. The summed E-state index contributed by atoms with van der Waals surface area (Å²) in [6.07, 6.45) is 1.74. The molecular formula is C27H35F2N7O2. The van der Waals surface area contributed by atoms with Gasteiger partial charge in [0.25, 0.3) is 6.43 Å². The molecule has 0 saturated carbocycles. The fraction of sp³-hybridized carbons (Fsp3) is 0.593. The molecule has 0 unspecified atom stereocenters. The van der Waals surface area contributed by atoms with E-state index in [1.54, 1.807) is 24.3 Å². The Morgan fingerprint density at radius 2 is 1.58 bits per heavy atom. The fourth-order valence-corrected chi connectivity index (χ4v) is 5.81. The zero-order valence-electron chi connectivity index (χ0n) is 21.6. The van der Waals surface area contributed by atoms with E-state index in [9.17, 15) is 8.78 Å². The number of piperidine rings is 1. The number of nitrogens with one attached hydrogen (secondary N) is 1. The van der Waals surface area contributed by atoms with Crippen LogP contribution in [0.15, 0.2) is 30.3 Å². The molecule has 3 aliphatic rings. The van der Waals surface area contributed by atoms with Gasteiger partial charge in [0.15, 0.2) is 5.82 Å². The van der Waals surface area contributed by atoms with Crippen LogP contribution in [0.4, 0.5) is 20.5 Å². The van der Waals surface area contributed by atoms with E-state index in [0.29, 0.717) is 66.9 Å². The molecule has 11 heteroatoms. The monoisotopic (exact) mass is 527 g/mol. The number of likely N-dealkylation sites (tertiary alicyclic amines) is 1. The predicted octanol–water partition coefficient (Wildman–Crippen LogP) is 3.89. The Morgan fingerprint density at radius 1 is 0.868 bits per heavy atom. The third-order valence-corrected chi connectivity index (χ3v) is 7.95. The minimum Gasteiger partial charge on any atom is -0.381 e. The van der Waals surface area contributed by atoms with Gasteiger partial charge in [0.05, 0.1) is 24.2 Å². The smallest absolute Gasteiger partial charge is 0.296 e. The van der Waals surface area contributed by atoms with Crippen LogP contribution in [0.3, 0.4) is 0 Å². The van der Waals surface area contributed by atoms with Gasteiger partial charge in [0.2, 0.25) is 5.95 Å². The average Bonchev–Trinajstić information content (AvgIpc) is 3.37. The predicted molar refractivity (Wildman–Crippen MR) is 141 cm³/mol. The van der Waals surface area contributed by atoms with Crippen LogP contribution >= 0.6 is 0 Å². The van der Waals surface area contributed by atoms with Crippen LogP contribution in [-0.4, -0.2) is 89.6 Å². The SMILES string of the molecule is FC(F)c1nc2ccccc2n1-c1cc(N2CCOCC2)nc(NCC2CCN(C3CCOCC3)CC2)n1. The average molecular weight is 528 g/mol. The maximum Gasteiger partial charge on any atom is 0.296 e. The van der Waals surface area contributed by atoms with Crippen LogP contribution in [0.1, 0.15) is 37.9 Å². The van der Waals surface area contributed by atoms with Crippen molar-refractivity contribution in [3.63, 3.8) is 0 Å². The van der Waals surface area contributed by atoms with Gasteiger partial charge in [-0.05, 0) is 56.8 Å². The van der Waals surface area contributed by atoms with Crippen LogP contribution < -0.4 is 10.2 Å². The molecule has 204 valence electrons. The summed E-state index contributed by atoms with van der Waals surface area (Å²) in [7, 11) is 0. The highest BCUT2D eigenvalue weighted by Gasteiger charge is 2.27. The summed E-state index contributed by atoms with van der Waals surface area (Å²) in [5, 5.41) is 3.45. The third-order valence-electron chi connectivity index (χ3n) is 7.95. The number of hydrogen-bond donors (Lipinski definition) is 1. The second-order valence-corrected chi connectivity index (χ2v) is 10.3. The zero-order valence-corrected chi connectivity index (χ0v) is 21.6. The molecule has 0 aliphatic carbocycles. The second-order valence-electron chi connectivity index (χ2n) is 10.3. The number of nitrogens with zero attached hydrogens (tertiary/aromatic N) is 6. The largest absolute Gasteiger partial charge is 0.381 e. The van der Waals surface area contributed by atoms with Gasteiger partial charge < -0.3 is 24.6 Å². The molecule has 1 aromatic carbocycles. The number of rotatable bonds is 7. The number of morpholine rings is 1. The van der Waals surface area contributed by atoms with Crippen molar-refractivity contribution >= 4 is 22.8 Å². The van der Waals surface area contributed by atoms with Gasteiger partial charge in [0.1, 0.15) is 11.6 Å². The van der Waals surface area contributed by atoms with Gasteiger partial charge in [0, 0.05) is 45.0 Å². The van der Waals surface area contributed by atoms with Crippen molar-refractivity contribution < 1.29 is 18.3 Å². The highest BCUT2D eigenvalue weighted by atomic mass is 19.3. The molecule has 38 heavy (non-hydrogen) atoms. The summed E-state index contributed by atoms with van der Waals surface area (Å²) >= 11 is 0. The van der Waals surface area contributed by atoms with Crippen molar-refractivity contribution in [1.82, 2.24) is 24.4 Å². The minimum atomic E-state index is -2.73. The van der Waals surface area contributed by atoms with Crippen LogP contribution in [0.5, 0.6) is 0 Å². The number of aromatic nitrogens is 4. The number of imidazole rings is 1. The Labute approximate surface area is 221 Å². The van der Waals surface area contributed by atoms with Crippen molar-refractivity contribution in [1.29, 1.82) is 0 Å². The van der Waals surface area contributed by atoms with E-state index in [-0.39, 0.29) is 5.82 Å². The number of ether oxygens (including phenoxy) is 2. The van der Waals surface area contributed by atoms with Gasteiger partial charge in [-0.25, -0.2) is 13.8 Å². The number of anilines is 2. The minimum absolute atomic E-state index is 0.315. The molecule has 0 atom stereocenters. The van der Waals surface area contributed by atoms with Crippen LogP contribution in [0.25, 0.3) is 16.9 Å². The number of alkyl halides is 2. The Kier molecular flexibility index (Phi) is 7.66. The topological polar surface area (TPSA) is 80.6 Å². The first-order valence-electron chi connectivity index (χ1n) is 13.7. The van der Waals surface area contributed by atoms with Crippen LogP contribution in [0.2, 0.25) is 0 Å². The summed E-state index contributed by atoms with van der Waals surface area (Å²) in [5.74, 6) is 1.74. The summed E-state index contributed by atoms with van der Waals surface area (Å²) in [6, 6.07) is 9.59. The second kappa shape index (κ2) is 11.5. The van der Waals surface area contributed by atoms with E-state index in [1.165, 1.54) is 4.57 Å². The van der Waals surface area contributed by atoms with Crippen molar-refractivity contribution in [2.24, 2.45) is 5.92 Å². The molecule has 9 nitrogen and oxygen atoms in total. The number of halogens is 2. The molecule has 3 aromatic rings. The first-order chi connectivity index (χ1) is 18.7. The van der Waals surface area contributed by atoms with Crippen LogP contribution in [-0.2, 0) is 9.47 Å². The van der Waals surface area contributed by atoms with E-state index in [4.69, 9.17) is 19.4 Å². The standard InChI is InChI=1S/C27H35F2N7O2/c28-25(29)26-31-21-3-1-2-4-22(21)36(26)24-17-23(35-11-15-38-16-12-35)32-27(33-24)30-18-19-5-9-34(10-6-19)20-7-13-37-14-8-20/h1-4,17,19-20,25H,5-16,18H2,(H,30,32,33). The van der Waals surface area contributed by atoms with Crippen molar-refractivity contribution in [2.45, 2.75) is 38.2 Å². The zero-order chi connectivity index (χ0) is 25.9. The van der Waals surface area contributed by atoms with E-state index >= 15 is 0 Å². The lowest BCUT2D eigenvalue weighted by atomic mass is 9.94. The van der Waals surface area contributed by atoms with Gasteiger partial charge in [-0.15, -0.1) is 0 Å². The molecule has 5 heterocycles. The number of hydrogen-bond acceptors (Lipinski definition) is 8. The summed E-state index contributed by atoms with van der Waals surface area (Å²) in [5.41, 5.74) is 1.11. The summed E-state index contributed by atoms with van der Waals surface area (Å²) in [4.78, 5) is 18.5. The van der Waals surface area contributed by atoms with E-state index < -0.39 is 6.43 Å². The highest BCUT2D eigenvalue weighted by Crippen LogP contribution is 2.30. The molecule has 0 bridgehead atoms. The molecule has 0 spiro atoms. The third kappa shape index (κ3) is 5.45. The Morgan fingerprint density at radius 3 is 2.34 bits per heavy atom. The molecule has 0 amide bonds. The number of para-hydroxylation sites is 2. The van der Waals surface area contributed by atoms with Crippen molar-refractivity contribution in [2.75, 3.05) is 69.4 Å². The normalized spacial score (nSPS) is 20.4. The van der Waals surface area contributed by atoms with E-state index in [1.807, 2.05) is 6.07 Å². The number of fused-ring (bicyclic) bond motifs is 1. The Hall–Kier alpha value is -2.89. The highest BCUT2D eigenvalue weighted by molar-refractivity contribution is 5.78. The van der Waals surface area contributed by atoms with E-state index in [0.717, 1.165) is 58.5 Å². The first kappa shape index (κ1) is 25.4. The Balaban J connectivity index is 1.24. The molecule has 6 rings (SSSR count). The molecule has 3 saturated heterocycles. The van der Waals surface area contributed by atoms with Crippen LogP contribution in [0, 0.1) is 5.92 Å². The van der Waals surface area contributed by atoms with Gasteiger partial charge >= 0.3 is 0 Å². The Bertz CT molecular complexity index is 1220. The lowest BCUT2D eigenvalue weighted by Gasteiger charge is -2.39. The first-order valence-corrected chi connectivity index (χ1v) is 13.7. The van der Waals surface area contributed by atoms with Crippen molar-refractivity contribution in [3.8, 4) is 5.82 Å². The fourth-order valence-electron chi connectivity index (χ4n) is 5.81. The van der Waals surface area contributed by atoms with Gasteiger partial charge in [-0.2, -0.15) is 9.97 Å². The molecule has 2 aromatic heterocycles. The summed E-state index contributed by atoms with van der Waals surface area (Å²) in [6.45, 7) is 7.25. The van der Waals surface area contributed by atoms with Crippen molar-refractivity contribution in [3.05, 3.63) is 36.2 Å².